The lowest BCUT2D eigenvalue weighted by Gasteiger charge is -2.26. The van der Waals surface area contributed by atoms with Gasteiger partial charge in [0.25, 0.3) is 0 Å². The smallest absolute Gasteiger partial charge is 0.348 e. The first-order valence-corrected chi connectivity index (χ1v) is 12.3. The van der Waals surface area contributed by atoms with Crippen LogP contribution in [0.1, 0.15) is 29.7 Å². The number of aromatic nitrogens is 2. The number of nitrogens with zero attached hydrogens (tertiary/aromatic N) is 3. The van der Waals surface area contributed by atoms with E-state index in [0.29, 0.717) is 0 Å². The highest BCUT2D eigenvalue weighted by molar-refractivity contribution is 7.98. The van der Waals surface area contributed by atoms with E-state index in [1.807, 2.05) is 4.57 Å². The lowest BCUT2D eigenvalue weighted by Crippen LogP contribution is -2.37. The quantitative estimate of drug-likeness (QED) is 0.416. The molecule has 0 saturated carbocycles. The fourth-order valence-corrected chi connectivity index (χ4v) is 5.86. The zero-order chi connectivity index (χ0) is 21.0. The molecule has 0 unspecified atom stereocenters. The Hall–Kier alpha value is -2.15. The summed E-state index contributed by atoms with van der Waals surface area (Å²) in [6.45, 7) is 5.41. The van der Waals surface area contributed by atoms with E-state index in [0.717, 1.165) is 75.9 Å². The average molecular weight is 436 g/mol. The van der Waals surface area contributed by atoms with Gasteiger partial charge in [-0.05, 0) is 42.0 Å². The highest BCUT2D eigenvalue weighted by atomic mass is 32.2. The summed E-state index contributed by atoms with van der Waals surface area (Å²) >= 11 is 1.72. The molecule has 0 radical (unpaired) electrons. The van der Waals surface area contributed by atoms with Crippen molar-refractivity contribution in [2.24, 2.45) is 0 Å². The Morgan fingerprint density at radius 3 is 2.74 bits per heavy atom. The SMILES string of the molecule is O=c1nc(SCc2cccc3ccccc23)c2c(n1CCCN1CCOCC1)CCC2. The number of fused-ring (bicyclic) bond motifs is 2. The van der Waals surface area contributed by atoms with Crippen molar-refractivity contribution in [3.8, 4) is 0 Å². The molecule has 0 N–H and O–H groups in total. The zero-order valence-corrected chi connectivity index (χ0v) is 18.7. The number of benzene rings is 2. The predicted molar refractivity (Wildman–Crippen MR) is 126 cm³/mol. The summed E-state index contributed by atoms with van der Waals surface area (Å²) in [5.41, 5.74) is 3.74. The molecule has 3 aromatic rings. The second-order valence-corrected chi connectivity index (χ2v) is 9.33. The van der Waals surface area contributed by atoms with Crippen molar-refractivity contribution in [2.45, 2.75) is 43.0 Å². The average Bonchev–Trinajstić information content (AvgIpc) is 3.30. The third-order valence-electron chi connectivity index (χ3n) is 6.40. The summed E-state index contributed by atoms with van der Waals surface area (Å²) in [7, 11) is 0. The summed E-state index contributed by atoms with van der Waals surface area (Å²) in [4.78, 5) is 19.9. The number of rotatable bonds is 7. The van der Waals surface area contributed by atoms with Crippen molar-refractivity contribution >= 4 is 22.5 Å². The minimum Gasteiger partial charge on any atom is -0.379 e. The monoisotopic (exact) mass is 435 g/mol. The number of thioether (sulfide) groups is 1. The number of morpholine rings is 1. The Labute approximate surface area is 187 Å². The molecule has 1 saturated heterocycles. The van der Waals surface area contributed by atoms with E-state index in [1.165, 1.54) is 27.6 Å². The topological polar surface area (TPSA) is 47.4 Å². The molecule has 1 aliphatic carbocycles. The first-order valence-electron chi connectivity index (χ1n) is 11.3. The van der Waals surface area contributed by atoms with Gasteiger partial charge in [-0.3, -0.25) is 9.47 Å². The molecule has 2 aliphatic rings. The van der Waals surface area contributed by atoms with Gasteiger partial charge >= 0.3 is 5.69 Å². The van der Waals surface area contributed by atoms with Gasteiger partial charge in [0, 0.05) is 43.2 Å². The van der Waals surface area contributed by atoms with Crippen molar-refractivity contribution < 1.29 is 4.74 Å². The van der Waals surface area contributed by atoms with Crippen LogP contribution in [0, 0.1) is 0 Å². The Balaban J connectivity index is 1.31. The summed E-state index contributed by atoms with van der Waals surface area (Å²) in [6.07, 6.45) is 4.12. The van der Waals surface area contributed by atoms with Crippen LogP contribution in [0.5, 0.6) is 0 Å². The van der Waals surface area contributed by atoms with Gasteiger partial charge in [0.05, 0.1) is 13.2 Å². The molecule has 1 aliphatic heterocycles. The van der Waals surface area contributed by atoms with E-state index in [2.05, 4.69) is 52.3 Å². The van der Waals surface area contributed by atoms with E-state index in [-0.39, 0.29) is 5.69 Å². The molecule has 1 fully saturated rings. The molecule has 2 heterocycles. The van der Waals surface area contributed by atoms with Crippen LogP contribution in [0.3, 0.4) is 0 Å². The first-order chi connectivity index (χ1) is 15.3. The van der Waals surface area contributed by atoms with Crippen LogP contribution in [0.25, 0.3) is 10.8 Å². The molecule has 0 atom stereocenters. The van der Waals surface area contributed by atoms with E-state index < -0.39 is 0 Å². The third kappa shape index (κ3) is 4.56. The fourth-order valence-electron chi connectivity index (χ4n) is 4.78. The van der Waals surface area contributed by atoms with Crippen molar-refractivity contribution in [2.75, 3.05) is 32.8 Å². The molecular weight excluding hydrogens is 406 g/mol. The maximum atomic E-state index is 12.9. The molecule has 0 amide bonds. The van der Waals surface area contributed by atoms with E-state index in [4.69, 9.17) is 4.74 Å². The van der Waals surface area contributed by atoms with Crippen molar-refractivity contribution in [1.82, 2.24) is 14.5 Å². The van der Waals surface area contributed by atoms with Crippen LogP contribution in [-0.2, 0) is 29.9 Å². The van der Waals surface area contributed by atoms with E-state index >= 15 is 0 Å². The summed E-state index contributed by atoms with van der Waals surface area (Å²) in [6, 6.07) is 14.9. The Morgan fingerprint density at radius 2 is 1.84 bits per heavy atom. The summed E-state index contributed by atoms with van der Waals surface area (Å²) in [5, 5.41) is 3.48. The van der Waals surface area contributed by atoms with Gasteiger partial charge in [-0.15, -0.1) is 11.8 Å². The molecule has 5 nitrogen and oxygen atoms in total. The molecule has 162 valence electrons. The molecule has 1 aromatic heterocycles. The van der Waals surface area contributed by atoms with E-state index in [1.54, 1.807) is 11.8 Å². The lowest BCUT2D eigenvalue weighted by atomic mass is 10.1. The number of hydrogen-bond acceptors (Lipinski definition) is 5. The highest BCUT2D eigenvalue weighted by Gasteiger charge is 2.22. The maximum Gasteiger partial charge on any atom is 0.348 e. The van der Waals surface area contributed by atoms with Crippen molar-refractivity contribution in [3.05, 3.63) is 69.8 Å². The second kappa shape index (κ2) is 9.55. The summed E-state index contributed by atoms with van der Waals surface area (Å²) < 4.78 is 7.38. The van der Waals surface area contributed by atoms with Crippen LogP contribution >= 0.6 is 11.8 Å². The molecular formula is C25H29N3O2S. The molecule has 0 spiro atoms. The van der Waals surface area contributed by atoms with Gasteiger partial charge in [0.15, 0.2) is 0 Å². The maximum absolute atomic E-state index is 12.9. The molecule has 2 aromatic carbocycles. The molecule has 5 rings (SSSR count). The molecule has 6 heteroatoms. The van der Waals surface area contributed by atoms with Gasteiger partial charge in [-0.1, -0.05) is 42.5 Å². The summed E-state index contributed by atoms with van der Waals surface area (Å²) in [5.74, 6) is 0.835. The van der Waals surface area contributed by atoms with Crippen LogP contribution in [-0.4, -0.2) is 47.3 Å². The van der Waals surface area contributed by atoms with Gasteiger partial charge in [0.2, 0.25) is 0 Å². The van der Waals surface area contributed by atoms with Crippen LogP contribution in [0.2, 0.25) is 0 Å². The van der Waals surface area contributed by atoms with Crippen LogP contribution < -0.4 is 5.69 Å². The standard InChI is InChI=1S/C25H29N3O2S/c29-25-26-24(31-18-20-8-3-7-19-6-1-2-9-21(19)20)22-10-4-11-23(22)28(25)13-5-12-27-14-16-30-17-15-27/h1-3,6-9H,4-5,10-18H2. The second-order valence-electron chi connectivity index (χ2n) is 8.36. The Bertz CT molecular complexity index is 1120. The van der Waals surface area contributed by atoms with Crippen LogP contribution in [0.15, 0.2) is 52.3 Å². The van der Waals surface area contributed by atoms with Gasteiger partial charge < -0.3 is 4.74 Å². The Kier molecular flexibility index (Phi) is 6.39. The van der Waals surface area contributed by atoms with E-state index in [9.17, 15) is 4.79 Å². The van der Waals surface area contributed by atoms with Gasteiger partial charge in [-0.25, -0.2) is 4.79 Å². The normalized spacial score (nSPS) is 16.6. The predicted octanol–water partition coefficient (Wildman–Crippen LogP) is 3.90. The largest absolute Gasteiger partial charge is 0.379 e. The first kappa shape index (κ1) is 20.7. The molecule has 31 heavy (non-hydrogen) atoms. The Morgan fingerprint density at radius 1 is 1.00 bits per heavy atom. The minimum absolute atomic E-state index is 0.0805. The third-order valence-corrected chi connectivity index (χ3v) is 7.47. The number of ether oxygens (including phenoxy) is 1. The van der Waals surface area contributed by atoms with Crippen molar-refractivity contribution in [3.63, 3.8) is 0 Å². The zero-order valence-electron chi connectivity index (χ0n) is 17.9. The van der Waals surface area contributed by atoms with Crippen LogP contribution in [0.4, 0.5) is 0 Å². The lowest BCUT2D eigenvalue weighted by molar-refractivity contribution is 0.0368. The van der Waals surface area contributed by atoms with Crippen molar-refractivity contribution in [1.29, 1.82) is 0 Å². The highest BCUT2D eigenvalue weighted by Crippen LogP contribution is 2.32. The van der Waals surface area contributed by atoms with Gasteiger partial charge in [0.1, 0.15) is 5.03 Å². The minimum atomic E-state index is -0.0805. The molecule has 0 bridgehead atoms. The fraction of sp³-hybridized carbons (Fsp3) is 0.440. The van der Waals surface area contributed by atoms with Gasteiger partial charge in [-0.2, -0.15) is 4.98 Å². The number of hydrogen-bond donors (Lipinski definition) is 0.